The topological polar surface area (TPSA) is 68.8 Å². The van der Waals surface area contributed by atoms with E-state index in [-0.39, 0.29) is 29.9 Å². The molecule has 2 aliphatic rings. The van der Waals surface area contributed by atoms with Crippen molar-refractivity contribution < 1.29 is 4.79 Å². The van der Waals surface area contributed by atoms with E-state index in [1.807, 2.05) is 13.8 Å². The Morgan fingerprint density at radius 2 is 1.80 bits per heavy atom. The summed E-state index contributed by atoms with van der Waals surface area (Å²) in [4.78, 5) is 19.5. The van der Waals surface area contributed by atoms with Gasteiger partial charge in [-0.1, -0.05) is 30.3 Å². The molecule has 1 amide bonds. The van der Waals surface area contributed by atoms with E-state index in [0.29, 0.717) is 24.7 Å². The van der Waals surface area contributed by atoms with Crippen LogP contribution in [0.25, 0.3) is 0 Å². The van der Waals surface area contributed by atoms with Gasteiger partial charge in [0.1, 0.15) is 0 Å². The van der Waals surface area contributed by atoms with E-state index < -0.39 is 5.41 Å². The van der Waals surface area contributed by atoms with Crippen LogP contribution in [0.1, 0.15) is 52.0 Å². The Hall–Kier alpha value is -1.35. The summed E-state index contributed by atoms with van der Waals surface area (Å²) >= 11 is 0. The number of aliphatic imine (C=N–C) groups is 1. The largest absolute Gasteiger partial charge is 0.359 e. The van der Waals surface area contributed by atoms with Gasteiger partial charge in [0, 0.05) is 38.3 Å². The Kier molecular flexibility index (Phi) is 9.40. The zero-order chi connectivity index (χ0) is 20.9. The molecule has 2 heterocycles. The van der Waals surface area contributed by atoms with Gasteiger partial charge in [0.05, 0.1) is 12.0 Å². The van der Waals surface area contributed by atoms with Gasteiger partial charge in [0.2, 0.25) is 5.91 Å². The first-order valence-corrected chi connectivity index (χ1v) is 11.0. The lowest BCUT2D eigenvalue weighted by molar-refractivity contribution is -0.128. The number of guanidine groups is 1. The first kappa shape index (κ1) is 24.9. The van der Waals surface area contributed by atoms with Crippen LogP contribution in [0.3, 0.4) is 0 Å². The summed E-state index contributed by atoms with van der Waals surface area (Å²) < 4.78 is 0. The highest BCUT2D eigenvalue weighted by molar-refractivity contribution is 14.0. The van der Waals surface area contributed by atoms with Crippen molar-refractivity contribution in [3.05, 3.63) is 35.9 Å². The fraction of sp³-hybridized carbons (Fsp3) is 0.652. The third-order valence-corrected chi connectivity index (χ3v) is 6.25. The molecule has 1 aromatic rings. The summed E-state index contributed by atoms with van der Waals surface area (Å²) in [5.41, 5.74) is 0.886. The lowest BCUT2D eigenvalue weighted by Gasteiger charge is -2.39. The maximum atomic E-state index is 12.0. The van der Waals surface area contributed by atoms with Crippen LogP contribution in [0.15, 0.2) is 35.3 Å². The molecule has 0 aliphatic carbocycles. The number of nitrogens with one attached hydrogen (secondary N) is 3. The lowest BCUT2D eigenvalue weighted by Crippen LogP contribution is -2.52. The van der Waals surface area contributed by atoms with E-state index in [1.165, 1.54) is 18.4 Å². The highest BCUT2D eigenvalue weighted by Crippen LogP contribution is 2.36. The zero-order valence-electron chi connectivity index (χ0n) is 18.8. The Morgan fingerprint density at radius 1 is 1.17 bits per heavy atom. The maximum Gasteiger partial charge on any atom is 0.227 e. The summed E-state index contributed by atoms with van der Waals surface area (Å²) in [6.45, 7) is 8.26. The number of carbonyl (C=O) groups excluding carboxylic acids is 1. The Bertz CT molecular complexity index is 695. The third kappa shape index (κ3) is 6.33. The SMILES string of the molecule is CCNC(=NCC(C)(C)C(=O)NC)NC1CC2CCC(C1)N2Cc1ccccc1.I. The number of amides is 1. The molecule has 30 heavy (non-hydrogen) atoms. The van der Waals surface area contributed by atoms with Crippen LogP contribution in [0.2, 0.25) is 0 Å². The van der Waals surface area contributed by atoms with Crippen molar-refractivity contribution >= 4 is 35.8 Å². The highest BCUT2D eigenvalue weighted by Gasteiger charge is 2.40. The van der Waals surface area contributed by atoms with Gasteiger partial charge in [-0.15, -0.1) is 24.0 Å². The molecule has 0 radical (unpaired) electrons. The van der Waals surface area contributed by atoms with Crippen LogP contribution >= 0.6 is 24.0 Å². The Morgan fingerprint density at radius 3 is 2.37 bits per heavy atom. The monoisotopic (exact) mass is 527 g/mol. The maximum absolute atomic E-state index is 12.0. The molecule has 2 aliphatic heterocycles. The van der Waals surface area contributed by atoms with Gasteiger partial charge < -0.3 is 16.0 Å². The fourth-order valence-corrected chi connectivity index (χ4v) is 4.64. The number of piperidine rings is 1. The Balaban J connectivity index is 0.00000320. The molecule has 6 nitrogen and oxygen atoms in total. The molecule has 0 spiro atoms. The van der Waals surface area contributed by atoms with E-state index in [1.54, 1.807) is 7.05 Å². The normalized spacial score (nSPS) is 24.1. The number of halogens is 1. The van der Waals surface area contributed by atoms with Gasteiger partial charge in [0.15, 0.2) is 5.96 Å². The summed E-state index contributed by atoms with van der Waals surface area (Å²) in [6, 6.07) is 12.5. The molecule has 2 atom stereocenters. The molecule has 0 saturated carbocycles. The predicted molar refractivity (Wildman–Crippen MR) is 134 cm³/mol. The third-order valence-electron chi connectivity index (χ3n) is 6.25. The van der Waals surface area contributed by atoms with Gasteiger partial charge in [-0.05, 0) is 52.0 Å². The summed E-state index contributed by atoms with van der Waals surface area (Å²) in [5, 5.41) is 9.74. The van der Waals surface area contributed by atoms with E-state index in [0.717, 1.165) is 31.9 Å². The van der Waals surface area contributed by atoms with E-state index in [4.69, 9.17) is 4.99 Å². The minimum absolute atomic E-state index is 0. The number of nitrogens with zero attached hydrogens (tertiary/aromatic N) is 2. The lowest BCUT2D eigenvalue weighted by atomic mass is 9.93. The Labute approximate surface area is 198 Å². The van der Waals surface area contributed by atoms with Crippen molar-refractivity contribution in [1.29, 1.82) is 0 Å². The number of benzene rings is 1. The van der Waals surface area contributed by atoms with Crippen LogP contribution in [-0.2, 0) is 11.3 Å². The molecule has 1 aromatic carbocycles. The second kappa shape index (κ2) is 11.3. The summed E-state index contributed by atoms with van der Waals surface area (Å²) in [7, 11) is 1.68. The molecule has 0 aromatic heterocycles. The van der Waals surface area contributed by atoms with Crippen molar-refractivity contribution in [3.63, 3.8) is 0 Å². The van der Waals surface area contributed by atoms with Crippen molar-refractivity contribution in [1.82, 2.24) is 20.9 Å². The minimum atomic E-state index is -0.519. The van der Waals surface area contributed by atoms with E-state index in [2.05, 4.69) is 58.1 Å². The van der Waals surface area contributed by atoms with Gasteiger partial charge in [-0.2, -0.15) is 0 Å². The summed E-state index contributed by atoms with van der Waals surface area (Å²) in [5.74, 6) is 0.842. The van der Waals surface area contributed by atoms with Crippen LogP contribution in [0.5, 0.6) is 0 Å². The fourth-order valence-electron chi connectivity index (χ4n) is 4.64. The first-order chi connectivity index (χ1) is 13.9. The van der Waals surface area contributed by atoms with Gasteiger partial charge in [0.25, 0.3) is 0 Å². The molecule has 168 valence electrons. The molecule has 3 N–H and O–H groups in total. The van der Waals surface area contributed by atoms with Gasteiger partial charge in [-0.3, -0.25) is 14.7 Å². The van der Waals surface area contributed by atoms with E-state index in [9.17, 15) is 4.79 Å². The number of hydrogen-bond donors (Lipinski definition) is 3. The van der Waals surface area contributed by atoms with Crippen molar-refractivity contribution in [3.8, 4) is 0 Å². The smallest absolute Gasteiger partial charge is 0.227 e. The molecule has 3 rings (SSSR count). The average molecular weight is 527 g/mol. The molecule has 2 saturated heterocycles. The number of fused-ring (bicyclic) bond motifs is 2. The van der Waals surface area contributed by atoms with E-state index >= 15 is 0 Å². The molecule has 7 heteroatoms. The number of carbonyl (C=O) groups is 1. The van der Waals surface area contributed by atoms with Crippen molar-refractivity contribution in [2.75, 3.05) is 20.1 Å². The average Bonchev–Trinajstić information content (AvgIpc) is 2.94. The zero-order valence-corrected chi connectivity index (χ0v) is 21.1. The molecule has 2 unspecified atom stereocenters. The van der Waals surface area contributed by atoms with Crippen LogP contribution < -0.4 is 16.0 Å². The summed E-state index contributed by atoms with van der Waals surface area (Å²) in [6.07, 6.45) is 4.86. The first-order valence-electron chi connectivity index (χ1n) is 11.0. The van der Waals surface area contributed by atoms with Gasteiger partial charge in [-0.25, -0.2) is 0 Å². The minimum Gasteiger partial charge on any atom is -0.359 e. The van der Waals surface area contributed by atoms with Crippen molar-refractivity contribution in [2.45, 2.75) is 71.1 Å². The van der Waals surface area contributed by atoms with Crippen LogP contribution in [0.4, 0.5) is 0 Å². The van der Waals surface area contributed by atoms with Crippen LogP contribution in [-0.4, -0.2) is 55.0 Å². The second-order valence-corrected chi connectivity index (χ2v) is 9.01. The molecule has 2 fully saturated rings. The number of hydrogen-bond acceptors (Lipinski definition) is 3. The quantitative estimate of drug-likeness (QED) is 0.290. The second-order valence-electron chi connectivity index (χ2n) is 9.01. The molecular formula is C23H38IN5O. The highest BCUT2D eigenvalue weighted by atomic mass is 127. The van der Waals surface area contributed by atoms with Crippen molar-refractivity contribution in [2.24, 2.45) is 10.4 Å². The van der Waals surface area contributed by atoms with Crippen LogP contribution in [0, 0.1) is 5.41 Å². The van der Waals surface area contributed by atoms with Gasteiger partial charge >= 0.3 is 0 Å². The standard InChI is InChI=1S/C23H37N5O.HI/c1-5-25-22(26-16-23(2,3)21(29)24-4)27-18-13-19-11-12-20(14-18)28(19)15-17-9-7-6-8-10-17;/h6-10,18-20H,5,11-16H2,1-4H3,(H,24,29)(H2,25,26,27);1H. The molecule has 2 bridgehead atoms. The molecular weight excluding hydrogens is 489 g/mol. The predicted octanol–water partition coefficient (Wildman–Crippen LogP) is 3.13. The number of rotatable bonds is 7.